The number of primary amides is 1. The molecule has 2 aromatic heterocycles. The van der Waals surface area contributed by atoms with E-state index in [1.54, 1.807) is 24.3 Å². The van der Waals surface area contributed by atoms with Gasteiger partial charge < -0.3 is 20.0 Å². The average Bonchev–Trinajstić information content (AvgIpc) is 3.02. The molecule has 10 heteroatoms. The van der Waals surface area contributed by atoms with Gasteiger partial charge in [-0.25, -0.2) is 4.79 Å². The monoisotopic (exact) mass is 329 g/mol. The highest BCUT2D eigenvalue weighted by atomic mass is 16.5. The maximum atomic E-state index is 11.3. The van der Waals surface area contributed by atoms with Crippen LogP contribution < -0.4 is 21.7 Å². The molecule has 0 aliphatic carbocycles. The van der Waals surface area contributed by atoms with Crippen molar-refractivity contribution in [2.75, 3.05) is 6.61 Å². The topological polar surface area (TPSA) is 157 Å². The molecule has 0 bridgehead atoms. The quantitative estimate of drug-likeness (QED) is 0.577. The van der Waals surface area contributed by atoms with Crippen LogP contribution in [0.15, 0.2) is 44.4 Å². The van der Waals surface area contributed by atoms with Crippen LogP contribution >= 0.6 is 0 Å². The lowest BCUT2D eigenvalue weighted by atomic mass is 10.2. The highest BCUT2D eigenvalue weighted by Gasteiger charge is 2.12. The molecule has 122 valence electrons. The number of H-pyrrole nitrogens is 2. The fourth-order valence-corrected chi connectivity index (χ4v) is 1.89. The Morgan fingerprint density at radius 2 is 1.96 bits per heavy atom. The molecule has 1 aromatic carbocycles. The molecule has 10 nitrogen and oxygen atoms in total. The van der Waals surface area contributed by atoms with Crippen LogP contribution in [0.4, 0.5) is 0 Å². The lowest BCUT2D eigenvalue weighted by Gasteiger charge is -2.03. The van der Waals surface area contributed by atoms with Crippen molar-refractivity contribution in [3.63, 3.8) is 0 Å². The van der Waals surface area contributed by atoms with Crippen molar-refractivity contribution in [1.82, 2.24) is 20.1 Å². The fraction of sp³-hybridized carbons (Fsp3) is 0.0714. The maximum absolute atomic E-state index is 11.3. The first-order chi connectivity index (χ1) is 11.5. The predicted octanol–water partition coefficient (Wildman–Crippen LogP) is -0.356. The first kappa shape index (κ1) is 15.2. The normalized spacial score (nSPS) is 10.5. The average molecular weight is 329 g/mol. The summed E-state index contributed by atoms with van der Waals surface area (Å²) >= 11 is 0. The lowest BCUT2D eigenvalue weighted by molar-refractivity contribution is -0.119. The number of benzene rings is 1. The summed E-state index contributed by atoms with van der Waals surface area (Å²) in [5, 5.41) is 3.79. The van der Waals surface area contributed by atoms with Gasteiger partial charge in [0.15, 0.2) is 6.61 Å². The summed E-state index contributed by atoms with van der Waals surface area (Å²) < 4.78 is 10.2. The maximum Gasteiger partial charge on any atom is 0.326 e. The molecule has 0 radical (unpaired) electrons. The van der Waals surface area contributed by atoms with E-state index in [0.717, 1.165) is 6.07 Å². The van der Waals surface area contributed by atoms with Crippen LogP contribution in [0.2, 0.25) is 0 Å². The summed E-state index contributed by atoms with van der Waals surface area (Å²) in [5.41, 5.74) is 4.47. The molecule has 0 saturated heterocycles. The van der Waals surface area contributed by atoms with Crippen molar-refractivity contribution in [1.29, 1.82) is 0 Å². The van der Waals surface area contributed by atoms with Crippen LogP contribution in [0.1, 0.15) is 0 Å². The van der Waals surface area contributed by atoms with Crippen molar-refractivity contribution in [3.8, 4) is 28.7 Å². The summed E-state index contributed by atoms with van der Waals surface area (Å²) in [5.74, 6) is 0.142. The second-order valence-electron chi connectivity index (χ2n) is 4.70. The molecule has 1 amide bonds. The zero-order valence-corrected chi connectivity index (χ0v) is 12.1. The van der Waals surface area contributed by atoms with E-state index in [1.165, 1.54) is 0 Å². The zero-order valence-electron chi connectivity index (χ0n) is 12.1. The van der Waals surface area contributed by atoms with E-state index in [0.29, 0.717) is 11.3 Å². The minimum Gasteiger partial charge on any atom is -0.484 e. The van der Waals surface area contributed by atoms with Gasteiger partial charge in [-0.2, -0.15) is 4.98 Å². The lowest BCUT2D eigenvalue weighted by Crippen LogP contribution is -2.21. The van der Waals surface area contributed by atoms with Crippen molar-refractivity contribution < 1.29 is 14.1 Å². The molecule has 0 fully saturated rings. The second kappa shape index (κ2) is 6.20. The number of ether oxygens (including phenoxy) is 1. The Morgan fingerprint density at radius 1 is 1.21 bits per heavy atom. The molecule has 4 N–H and O–H groups in total. The van der Waals surface area contributed by atoms with Gasteiger partial charge in [-0.15, -0.1) is 0 Å². The zero-order chi connectivity index (χ0) is 17.1. The minimum atomic E-state index is -0.673. The fourth-order valence-electron chi connectivity index (χ4n) is 1.89. The number of carbonyl (C=O) groups excluding carboxylic acids is 1. The number of nitrogens with zero attached hydrogens (tertiary/aromatic N) is 2. The third-order valence-electron chi connectivity index (χ3n) is 2.91. The molecule has 3 aromatic rings. The first-order valence-electron chi connectivity index (χ1n) is 6.70. The molecule has 0 saturated carbocycles. The molecular weight excluding hydrogens is 318 g/mol. The van der Waals surface area contributed by atoms with Gasteiger partial charge >= 0.3 is 5.69 Å². The highest BCUT2D eigenvalue weighted by molar-refractivity contribution is 5.75. The van der Waals surface area contributed by atoms with Crippen molar-refractivity contribution in [2.24, 2.45) is 5.73 Å². The number of nitrogens with one attached hydrogen (secondary N) is 2. The Balaban J connectivity index is 1.84. The number of hydrogen-bond donors (Lipinski definition) is 3. The number of hydrogen-bond acceptors (Lipinski definition) is 7. The van der Waals surface area contributed by atoms with E-state index in [1.807, 2.05) is 4.98 Å². The molecule has 3 rings (SSSR count). The van der Waals surface area contributed by atoms with E-state index in [9.17, 15) is 14.4 Å². The molecular formula is C14H11N5O5. The number of aromatic nitrogens is 4. The number of rotatable bonds is 5. The summed E-state index contributed by atoms with van der Waals surface area (Å²) in [6.45, 7) is -0.221. The molecule has 0 spiro atoms. The van der Waals surface area contributed by atoms with Crippen LogP contribution in [0, 0.1) is 0 Å². The standard InChI is InChI=1S/C14H11N5O5/c15-10(20)6-23-8-3-1-7(2-4-8)12-18-13(24-19-12)9-5-11(21)17-14(22)16-9/h1-5H,6H2,(H2,15,20)(H2,16,17,21,22). The van der Waals surface area contributed by atoms with E-state index in [4.69, 9.17) is 15.0 Å². The Bertz CT molecular complexity index is 957. The molecule has 2 heterocycles. The molecule has 0 aliphatic rings. The summed E-state index contributed by atoms with van der Waals surface area (Å²) in [6, 6.07) is 7.68. The van der Waals surface area contributed by atoms with E-state index in [-0.39, 0.29) is 24.0 Å². The smallest absolute Gasteiger partial charge is 0.326 e. The molecule has 0 aliphatic heterocycles. The van der Waals surface area contributed by atoms with Gasteiger partial charge in [0.05, 0.1) is 0 Å². The van der Waals surface area contributed by atoms with Gasteiger partial charge in [-0.05, 0) is 24.3 Å². The molecule has 0 atom stereocenters. The van der Waals surface area contributed by atoms with E-state index >= 15 is 0 Å². The van der Waals surface area contributed by atoms with Gasteiger partial charge in [0, 0.05) is 11.6 Å². The second-order valence-corrected chi connectivity index (χ2v) is 4.70. The van der Waals surface area contributed by atoms with Crippen molar-refractivity contribution >= 4 is 5.91 Å². The number of amides is 1. The summed E-state index contributed by atoms with van der Waals surface area (Å²) in [7, 11) is 0. The molecule has 24 heavy (non-hydrogen) atoms. The number of carbonyl (C=O) groups is 1. The van der Waals surface area contributed by atoms with E-state index < -0.39 is 17.2 Å². The Kier molecular flexibility index (Phi) is 3.93. The number of aromatic amines is 2. The van der Waals surface area contributed by atoms with Gasteiger partial charge in [0.2, 0.25) is 5.82 Å². The minimum absolute atomic E-state index is 0.00209. The van der Waals surface area contributed by atoms with Crippen LogP contribution in [-0.2, 0) is 4.79 Å². The van der Waals surface area contributed by atoms with E-state index in [2.05, 4.69) is 15.1 Å². The summed E-state index contributed by atoms with van der Waals surface area (Å²) in [4.78, 5) is 41.8. The number of nitrogens with two attached hydrogens (primary N) is 1. The molecule has 0 unspecified atom stereocenters. The Morgan fingerprint density at radius 3 is 2.62 bits per heavy atom. The highest BCUT2D eigenvalue weighted by Crippen LogP contribution is 2.22. The van der Waals surface area contributed by atoms with Gasteiger partial charge in [-0.1, -0.05) is 5.16 Å². The van der Waals surface area contributed by atoms with Crippen molar-refractivity contribution in [2.45, 2.75) is 0 Å². The van der Waals surface area contributed by atoms with Crippen LogP contribution in [0.5, 0.6) is 5.75 Å². The van der Waals surface area contributed by atoms with Gasteiger partial charge in [-0.3, -0.25) is 14.6 Å². The third kappa shape index (κ3) is 3.38. The van der Waals surface area contributed by atoms with Crippen molar-refractivity contribution in [3.05, 3.63) is 51.2 Å². The third-order valence-corrected chi connectivity index (χ3v) is 2.91. The van der Waals surface area contributed by atoms with Crippen LogP contribution in [-0.4, -0.2) is 32.6 Å². The largest absolute Gasteiger partial charge is 0.484 e. The van der Waals surface area contributed by atoms with Crippen LogP contribution in [0.3, 0.4) is 0 Å². The summed E-state index contributed by atoms with van der Waals surface area (Å²) in [6.07, 6.45) is 0. The predicted molar refractivity (Wildman–Crippen MR) is 81.1 cm³/mol. The SMILES string of the molecule is NC(=O)COc1ccc(-c2noc(-c3cc(=O)[nH]c(=O)[nH]3)n2)cc1. The Hall–Kier alpha value is -3.69. The van der Waals surface area contributed by atoms with Gasteiger partial charge in [0.25, 0.3) is 17.4 Å². The van der Waals surface area contributed by atoms with Crippen LogP contribution in [0.25, 0.3) is 23.0 Å². The van der Waals surface area contributed by atoms with Gasteiger partial charge in [0.1, 0.15) is 11.4 Å². The Labute approximate surface area is 133 Å². The first-order valence-corrected chi connectivity index (χ1v) is 6.70.